The number of benzene rings is 1. The molecule has 104 valence electrons. The Morgan fingerprint density at radius 2 is 2.10 bits per heavy atom. The van der Waals surface area contributed by atoms with Crippen molar-refractivity contribution in [2.45, 2.75) is 13.0 Å². The number of rotatable bonds is 3. The zero-order chi connectivity index (χ0) is 14.1. The third-order valence-corrected chi connectivity index (χ3v) is 3.81. The van der Waals surface area contributed by atoms with E-state index in [2.05, 4.69) is 33.2 Å². The number of aromatic nitrogens is 1. The van der Waals surface area contributed by atoms with Crippen LogP contribution >= 0.6 is 27.5 Å². The van der Waals surface area contributed by atoms with Crippen molar-refractivity contribution in [2.24, 2.45) is 0 Å². The Kier molecular flexibility index (Phi) is 3.72. The van der Waals surface area contributed by atoms with Gasteiger partial charge < -0.3 is 14.8 Å². The summed E-state index contributed by atoms with van der Waals surface area (Å²) in [6.45, 7) is 2.33. The van der Waals surface area contributed by atoms with Gasteiger partial charge in [-0.3, -0.25) is 0 Å². The van der Waals surface area contributed by atoms with Gasteiger partial charge in [0.2, 0.25) is 6.79 Å². The number of anilines is 1. The van der Waals surface area contributed by atoms with Gasteiger partial charge in [0.15, 0.2) is 16.7 Å². The first-order valence-corrected chi connectivity index (χ1v) is 7.28. The monoisotopic (exact) mass is 354 g/mol. The summed E-state index contributed by atoms with van der Waals surface area (Å²) in [6.07, 6.45) is 1.67. The number of nitrogens with zero attached hydrogens (tertiary/aromatic N) is 1. The molecule has 3 rings (SSSR count). The minimum Gasteiger partial charge on any atom is -0.454 e. The highest BCUT2D eigenvalue weighted by Crippen LogP contribution is 2.35. The molecular weight excluding hydrogens is 344 g/mol. The predicted molar refractivity (Wildman–Crippen MR) is 81.5 cm³/mol. The number of halogens is 2. The summed E-state index contributed by atoms with van der Waals surface area (Å²) in [6, 6.07) is 7.86. The van der Waals surface area contributed by atoms with Gasteiger partial charge in [-0.1, -0.05) is 17.7 Å². The molecule has 1 aromatic carbocycles. The second-order valence-corrected chi connectivity index (χ2v) is 5.74. The van der Waals surface area contributed by atoms with E-state index in [0.717, 1.165) is 27.2 Å². The lowest BCUT2D eigenvalue weighted by Gasteiger charge is -2.17. The van der Waals surface area contributed by atoms with Crippen LogP contribution in [0.15, 0.2) is 34.9 Å². The van der Waals surface area contributed by atoms with Crippen molar-refractivity contribution < 1.29 is 9.47 Å². The van der Waals surface area contributed by atoms with E-state index in [-0.39, 0.29) is 12.8 Å². The van der Waals surface area contributed by atoms with Crippen LogP contribution in [0.5, 0.6) is 11.5 Å². The van der Waals surface area contributed by atoms with Crippen LogP contribution < -0.4 is 14.8 Å². The minimum atomic E-state index is 0.0677. The average Bonchev–Trinajstić information content (AvgIpc) is 2.90. The molecule has 4 nitrogen and oxygen atoms in total. The highest BCUT2D eigenvalue weighted by molar-refractivity contribution is 9.10. The molecule has 0 saturated carbocycles. The molecule has 0 spiro atoms. The Balaban J connectivity index is 1.82. The molecule has 2 aromatic rings. The first-order valence-electron chi connectivity index (χ1n) is 6.10. The van der Waals surface area contributed by atoms with Crippen LogP contribution in [-0.4, -0.2) is 11.8 Å². The summed E-state index contributed by atoms with van der Waals surface area (Å²) in [7, 11) is 0. The van der Waals surface area contributed by atoms with Crippen molar-refractivity contribution >= 4 is 33.2 Å². The fraction of sp³-hybridized carbons (Fsp3) is 0.214. The largest absolute Gasteiger partial charge is 0.454 e. The molecular formula is C14H12BrClN2O2. The average molecular weight is 356 g/mol. The van der Waals surface area contributed by atoms with Gasteiger partial charge in [-0.2, -0.15) is 0 Å². The molecule has 0 fully saturated rings. The van der Waals surface area contributed by atoms with Crippen molar-refractivity contribution in [2.75, 3.05) is 12.1 Å². The first-order chi connectivity index (χ1) is 9.63. The third kappa shape index (κ3) is 2.69. The van der Waals surface area contributed by atoms with Crippen LogP contribution in [0.3, 0.4) is 0 Å². The molecule has 1 aliphatic heterocycles. The number of fused-ring (bicyclic) bond motifs is 1. The Hall–Kier alpha value is -1.46. The minimum absolute atomic E-state index is 0.0677. The molecule has 1 aliphatic rings. The summed E-state index contributed by atoms with van der Waals surface area (Å²) in [5.41, 5.74) is 1.87. The Morgan fingerprint density at radius 1 is 1.30 bits per heavy atom. The molecule has 0 aliphatic carbocycles. The number of pyridine rings is 1. The van der Waals surface area contributed by atoms with Crippen LogP contribution in [-0.2, 0) is 0 Å². The van der Waals surface area contributed by atoms with Gasteiger partial charge >= 0.3 is 0 Å². The van der Waals surface area contributed by atoms with Crippen molar-refractivity contribution in [1.82, 2.24) is 4.98 Å². The number of ether oxygens (including phenoxy) is 2. The zero-order valence-corrected chi connectivity index (χ0v) is 13.0. The van der Waals surface area contributed by atoms with E-state index < -0.39 is 0 Å². The third-order valence-electron chi connectivity index (χ3n) is 3.07. The lowest BCUT2D eigenvalue weighted by molar-refractivity contribution is 0.174. The van der Waals surface area contributed by atoms with E-state index in [0.29, 0.717) is 5.15 Å². The van der Waals surface area contributed by atoms with Gasteiger partial charge in [-0.15, -0.1) is 0 Å². The quantitative estimate of drug-likeness (QED) is 0.829. The van der Waals surface area contributed by atoms with E-state index >= 15 is 0 Å². The molecule has 0 radical (unpaired) electrons. The maximum atomic E-state index is 6.08. The molecule has 1 aromatic heterocycles. The molecule has 0 saturated heterocycles. The highest BCUT2D eigenvalue weighted by atomic mass is 79.9. The molecule has 1 N–H and O–H groups in total. The first kappa shape index (κ1) is 13.5. The van der Waals surface area contributed by atoms with Crippen LogP contribution in [0.25, 0.3) is 0 Å². The van der Waals surface area contributed by atoms with Crippen LogP contribution in [0, 0.1) is 0 Å². The van der Waals surface area contributed by atoms with Gasteiger partial charge in [0.1, 0.15) is 0 Å². The van der Waals surface area contributed by atoms with E-state index in [9.17, 15) is 0 Å². The molecule has 20 heavy (non-hydrogen) atoms. The van der Waals surface area contributed by atoms with Crippen LogP contribution in [0.4, 0.5) is 5.69 Å². The van der Waals surface area contributed by atoms with E-state index in [1.807, 2.05) is 24.3 Å². The van der Waals surface area contributed by atoms with Gasteiger partial charge in [0.25, 0.3) is 0 Å². The second-order valence-electron chi connectivity index (χ2n) is 4.47. The van der Waals surface area contributed by atoms with Gasteiger partial charge in [0.05, 0.1) is 5.69 Å². The summed E-state index contributed by atoms with van der Waals surface area (Å²) in [4.78, 5) is 4.09. The SMILES string of the molecule is CC(Nc1cc(Br)cnc1Cl)c1ccc2c(c1)OCO2. The van der Waals surface area contributed by atoms with Crippen LogP contribution in [0.1, 0.15) is 18.5 Å². The maximum Gasteiger partial charge on any atom is 0.231 e. The van der Waals surface area contributed by atoms with E-state index in [4.69, 9.17) is 21.1 Å². The van der Waals surface area contributed by atoms with Gasteiger partial charge in [-0.25, -0.2) is 4.98 Å². The lowest BCUT2D eigenvalue weighted by atomic mass is 10.1. The van der Waals surface area contributed by atoms with Crippen molar-refractivity contribution in [3.8, 4) is 11.5 Å². The summed E-state index contributed by atoms with van der Waals surface area (Å²) < 4.78 is 11.6. The number of nitrogens with one attached hydrogen (secondary N) is 1. The zero-order valence-electron chi connectivity index (χ0n) is 10.7. The predicted octanol–water partition coefficient (Wildman–Crippen LogP) is 4.40. The topological polar surface area (TPSA) is 43.4 Å². The van der Waals surface area contributed by atoms with E-state index in [1.54, 1.807) is 6.20 Å². The molecule has 1 unspecified atom stereocenters. The molecule has 6 heteroatoms. The molecule has 0 amide bonds. The van der Waals surface area contributed by atoms with Crippen molar-refractivity contribution in [1.29, 1.82) is 0 Å². The Labute approximate surface area is 130 Å². The smallest absolute Gasteiger partial charge is 0.231 e. The Morgan fingerprint density at radius 3 is 2.95 bits per heavy atom. The molecule has 1 atom stereocenters. The number of hydrogen-bond donors (Lipinski definition) is 1. The van der Waals surface area contributed by atoms with Crippen LogP contribution in [0.2, 0.25) is 5.15 Å². The fourth-order valence-corrected chi connectivity index (χ4v) is 2.51. The van der Waals surface area contributed by atoms with Crippen molar-refractivity contribution in [3.05, 3.63) is 45.7 Å². The standard InChI is InChI=1S/C14H12BrClN2O2/c1-8(18-11-5-10(15)6-17-14(11)16)9-2-3-12-13(4-9)20-7-19-12/h2-6,8,18H,7H2,1H3. The maximum absolute atomic E-state index is 6.08. The van der Waals surface area contributed by atoms with Gasteiger partial charge in [-0.05, 0) is 46.6 Å². The summed E-state index contributed by atoms with van der Waals surface area (Å²) in [5.74, 6) is 1.55. The molecule has 2 heterocycles. The van der Waals surface area contributed by atoms with Gasteiger partial charge in [0, 0.05) is 16.7 Å². The summed E-state index contributed by atoms with van der Waals surface area (Å²) >= 11 is 9.47. The lowest BCUT2D eigenvalue weighted by Crippen LogP contribution is -2.07. The molecule has 0 bridgehead atoms. The van der Waals surface area contributed by atoms with Crippen molar-refractivity contribution in [3.63, 3.8) is 0 Å². The number of hydrogen-bond acceptors (Lipinski definition) is 4. The summed E-state index contributed by atoms with van der Waals surface area (Å²) in [5, 5.41) is 3.78. The normalized spacial score (nSPS) is 14.2. The highest BCUT2D eigenvalue weighted by Gasteiger charge is 2.16. The fourth-order valence-electron chi connectivity index (χ4n) is 2.02. The Bertz CT molecular complexity index is 651. The van der Waals surface area contributed by atoms with E-state index in [1.165, 1.54) is 0 Å². The second kappa shape index (κ2) is 5.50.